The molecule has 1 aromatic rings. The standard InChI is InChI=1S/C20H30N4O2/c1-20(21)12-6-5-9-17(20)18(25)22-16-10-13-24(14-11-16)19(26)23-15-7-3-2-4-8-15/h2-4,7-8,16-17H,5-6,9-14,21H2,1H3,(H,22,25)(H,23,26). The minimum atomic E-state index is -0.404. The summed E-state index contributed by atoms with van der Waals surface area (Å²) in [5.41, 5.74) is 6.74. The van der Waals surface area contributed by atoms with E-state index in [2.05, 4.69) is 10.6 Å². The van der Waals surface area contributed by atoms with Crippen LogP contribution in [0.3, 0.4) is 0 Å². The zero-order valence-electron chi connectivity index (χ0n) is 15.5. The number of carbonyl (C=O) groups is 2. The number of nitrogens with one attached hydrogen (secondary N) is 2. The third-order valence-corrected chi connectivity index (χ3v) is 5.72. The average molecular weight is 358 g/mol. The van der Waals surface area contributed by atoms with Gasteiger partial charge in [0.25, 0.3) is 0 Å². The van der Waals surface area contributed by atoms with Crippen LogP contribution >= 0.6 is 0 Å². The number of benzene rings is 1. The van der Waals surface area contributed by atoms with E-state index in [-0.39, 0.29) is 23.9 Å². The number of amides is 3. The molecule has 0 spiro atoms. The number of hydrogen-bond donors (Lipinski definition) is 3. The van der Waals surface area contributed by atoms with Gasteiger partial charge >= 0.3 is 6.03 Å². The second kappa shape index (κ2) is 8.08. The Balaban J connectivity index is 1.46. The molecule has 3 rings (SSSR count). The highest BCUT2D eigenvalue weighted by molar-refractivity contribution is 5.89. The lowest BCUT2D eigenvalue weighted by molar-refractivity contribution is -0.129. The smallest absolute Gasteiger partial charge is 0.321 e. The summed E-state index contributed by atoms with van der Waals surface area (Å²) in [4.78, 5) is 26.8. The second-order valence-corrected chi connectivity index (χ2v) is 7.87. The molecule has 26 heavy (non-hydrogen) atoms. The van der Waals surface area contributed by atoms with Crippen LogP contribution in [0, 0.1) is 5.92 Å². The molecule has 6 nitrogen and oxygen atoms in total. The van der Waals surface area contributed by atoms with E-state index < -0.39 is 5.54 Å². The molecule has 1 aliphatic heterocycles. The van der Waals surface area contributed by atoms with Crippen LogP contribution in [0.4, 0.5) is 10.5 Å². The number of piperidine rings is 1. The number of likely N-dealkylation sites (tertiary alicyclic amines) is 1. The van der Waals surface area contributed by atoms with Crippen molar-refractivity contribution < 1.29 is 9.59 Å². The van der Waals surface area contributed by atoms with Gasteiger partial charge < -0.3 is 21.3 Å². The molecule has 1 aliphatic carbocycles. The normalized spacial score (nSPS) is 27.0. The Morgan fingerprint density at radius 1 is 1.12 bits per heavy atom. The molecule has 1 aromatic carbocycles. The molecular weight excluding hydrogens is 328 g/mol. The molecule has 6 heteroatoms. The lowest BCUT2D eigenvalue weighted by Crippen LogP contribution is -2.55. The lowest BCUT2D eigenvalue weighted by Gasteiger charge is -2.39. The van der Waals surface area contributed by atoms with E-state index >= 15 is 0 Å². The maximum Gasteiger partial charge on any atom is 0.321 e. The molecule has 2 atom stereocenters. The molecule has 2 aliphatic rings. The SMILES string of the molecule is CC1(N)CCCCC1C(=O)NC1CCN(C(=O)Nc2ccccc2)CC1. The summed E-state index contributed by atoms with van der Waals surface area (Å²) in [6.45, 7) is 3.29. The minimum Gasteiger partial charge on any atom is -0.353 e. The van der Waals surface area contributed by atoms with E-state index in [1.165, 1.54) is 0 Å². The maximum atomic E-state index is 12.7. The first-order valence-corrected chi connectivity index (χ1v) is 9.66. The van der Waals surface area contributed by atoms with Crippen molar-refractivity contribution in [3.05, 3.63) is 30.3 Å². The highest BCUT2D eigenvalue weighted by Crippen LogP contribution is 2.32. The van der Waals surface area contributed by atoms with Crippen molar-refractivity contribution in [2.24, 2.45) is 11.7 Å². The van der Waals surface area contributed by atoms with E-state index in [0.29, 0.717) is 13.1 Å². The molecular formula is C20H30N4O2. The predicted molar refractivity (Wildman–Crippen MR) is 103 cm³/mol. The Hall–Kier alpha value is -2.08. The minimum absolute atomic E-state index is 0.0807. The molecule has 2 unspecified atom stereocenters. The third-order valence-electron chi connectivity index (χ3n) is 5.72. The summed E-state index contributed by atoms with van der Waals surface area (Å²) in [5, 5.41) is 6.09. The first-order valence-electron chi connectivity index (χ1n) is 9.66. The molecule has 0 aromatic heterocycles. The number of urea groups is 1. The Morgan fingerprint density at radius 3 is 2.46 bits per heavy atom. The molecule has 1 heterocycles. The van der Waals surface area contributed by atoms with Gasteiger partial charge in [-0.05, 0) is 44.7 Å². The van der Waals surface area contributed by atoms with E-state index in [9.17, 15) is 9.59 Å². The summed E-state index contributed by atoms with van der Waals surface area (Å²) in [7, 11) is 0. The van der Waals surface area contributed by atoms with Crippen molar-refractivity contribution in [3.63, 3.8) is 0 Å². The lowest BCUT2D eigenvalue weighted by atomic mass is 9.74. The first-order chi connectivity index (χ1) is 12.5. The number of nitrogens with two attached hydrogens (primary N) is 1. The van der Waals surface area contributed by atoms with Crippen LogP contribution < -0.4 is 16.4 Å². The molecule has 2 fully saturated rings. The van der Waals surface area contributed by atoms with Crippen LogP contribution in [0.25, 0.3) is 0 Å². The van der Waals surface area contributed by atoms with Gasteiger partial charge in [0.1, 0.15) is 0 Å². The molecule has 0 bridgehead atoms. The zero-order chi connectivity index (χ0) is 18.6. The predicted octanol–water partition coefficient (Wildman–Crippen LogP) is 2.71. The van der Waals surface area contributed by atoms with Crippen LogP contribution in [0.1, 0.15) is 45.4 Å². The summed E-state index contributed by atoms with van der Waals surface area (Å²) in [6, 6.07) is 9.51. The van der Waals surface area contributed by atoms with E-state index in [1.807, 2.05) is 42.2 Å². The van der Waals surface area contributed by atoms with Crippen molar-refractivity contribution in [3.8, 4) is 0 Å². The number of carbonyl (C=O) groups excluding carboxylic acids is 2. The molecule has 3 amide bonds. The number of hydrogen-bond acceptors (Lipinski definition) is 3. The Morgan fingerprint density at radius 2 is 1.81 bits per heavy atom. The monoisotopic (exact) mass is 358 g/mol. The van der Waals surface area contributed by atoms with Crippen LogP contribution in [0.2, 0.25) is 0 Å². The third kappa shape index (κ3) is 4.55. The number of para-hydroxylation sites is 1. The Kier molecular flexibility index (Phi) is 5.81. The second-order valence-electron chi connectivity index (χ2n) is 7.87. The van der Waals surface area contributed by atoms with Crippen LogP contribution in [-0.2, 0) is 4.79 Å². The zero-order valence-corrected chi connectivity index (χ0v) is 15.5. The van der Waals surface area contributed by atoms with Gasteiger partial charge in [-0.3, -0.25) is 4.79 Å². The van der Waals surface area contributed by atoms with Crippen LogP contribution in [0.5, 0.6) is 0 Å². The van der Waals surface area contributed by atoms with Gasteiger partial charge in [0.15, 0.2) is 0 Å². The van der Waals surface area contributed by atoms with Crippen LogP contribution in [-0.4, -0.2) is 41.5 Å². The van der Waals surface area contributed by atoms with E-state index in [4.69, 9.17) is 5.73 Å². The highest BCUT2D eigenvalue weighted by Gasteiger charge is 2.38. The fourth-order valence-corrected chi connectivity index (χ4v) is 4.04. The molecule has 1 saturated carbocycles. The fraction of sp³-hybridized carbons (Fsp3) is 0.600. The summed E-state index contributed by atoms with van der Waals surface area (Å²) in [5.74, 6) is -0.0162. The van der Waals surface area contributed by atoms with Crippen LogP contribution in [0.15, 0.2) is 30.3 Å². The van der Waals surface area contributed by atoms with Gasteiger partial charge in [-0.2, -0.15) is 0 Å². The van der Waals surface area contributed by atoms with Crippen molar-refractivity contribution in [1.82, 2.24) is 10.2 Å². The van der Waals surface area contributed by atoms with E-state index in [0.717, 1.165) is 44.2 Å². The van der Waals surface area contributed by atoms with Gasteiger partial charge in [0, 0.05) is 30.4 Å². The molecule has 4 N–H and O–H groups in total. The molecule has 142 valence electrons. The van der Waals surface area contributed by atoms with Crippen molar-refractivity contribution >= 4 is 17.6 Å². The number of anilines is 1. The van der Waals surface area contributed by atoms with Gasteiger partial charge in [-0.15, -0.1) is 0 Å². The van der Waals surface area contributed by atoms with Gasteiger partial charge in [0.05, 0.1) is 5.92 Å². The Bertz CT molecular complexity index is 624. The Labute approximate surface area is 155 Å². The van der Waals surface area contributed by atoms with E-state index in [1.54, 1.807) is 0 Å². The first kappa shape index (κ1) is 18.7. The van der Waals surface area contributed by atoms with Gasteiger partial charge in [0.2, 0.25) is 5.91 Å². The van der Waals surface area contributed by atoms with Crippen molar-refractivity contribution in [2.75, 3.05) is 18.4 Å². The van der Waals surface area contributed by atoms with Crippen molar-refractivity contribution in [2.45, 2.75) is 57.0 Å². The van der Waals surface area contributed by atoms with Gasteiger partial charge in [-0.1, -0.05) is 31.0 Å². The number of nitrogens with zero attached hydrogens (tertiary/aromatic N) is 1. The summed E-state index contributed by atoms with van der Waals surface area (Å²) >= 11 is 0. The summed E-state index contributed by atoms with van der Waals surface area (Å²) < 4.78 is 0. The van der Waals surface area contributed by atoms with Gasteiger partial charge in [-0.25, -0.2) is 4.79 Å². The average Bonchev–Trinajstić information content (AvgIpc) is 2.62. The highest BCUT2D eigenvalue weighted by atomic mass is 16.2. The summed E-state index contributed by atoms with van der Waals surface area (Å²) in [6.07, 6.45) is 5.51. The number of rotatable bonds is 3. The van der Waals surface area contributed by atoms with Crippen molar-refractivity contribution in [1.29, 1.82) is 0 Å². The fourth-order valence-electron chi connectivity index (χ4n) is 4.04. The molecule has 1 saturated heterocycles. The quantitative estimate of drug-likeness (QED) is 0.776. The largest absolute Gasteiger partial charge is 0.353 e. The maximum absolute atomic E-state index is 12.7. The molecule has 0 radical (unpaired) electrons. The topological polar surface area (TPSA) is 87.5 Å².